The van der Waals surface area contributed by atoms with Gasteiger partial charge in [0.05, 0.1) is 0 Å². The molecule has 0 fully saturated rings. The first-order valence-electron chi connectivity index (χ1n) is 3.17. The lowest BCUT2D eigenvalue weighted by Crippen LogP contribution is -2.02. The molecule has 0 aromatic rings. The molecule has 2 atom stereocenters. The van der Waals surface area contributed by atoms with E-state index >= 15 is 0 Å². The maximum atomic E-state index is 5.63. The van der Waals surface area contributed by atoms with Crippen molar-refractivity contribution in [3.05, 3.63) is 11.8 Å². The van der Waals surface area contributed by atoms with Crippen molar-refractivity contribution in [1.29, 1.82) is 0 Å². The Hall–Kier alpha value is -0.460. The standard InChI is InChI=1S/C7H13N/c1-5-3-6(2)7(8)4-5/h4-6H,3,8H2,1-2H3/t5-,6+/m1/s1. The van der Waals surface area contributed by atoms with E-state index < -0.39 is 0 Å². The lowest BCUT2D eigenvalue weighted by Gasteiger charge is -2.01. The van der Waals surface area contributed by atoms with Crippen LogP contribution in [0.2, 0.25) is 0 Å². The Morgan fingerprint density at radius 1 is 1.62 bits per heavy atom. The van der Waals surface area contributed by atoms with E-state index in [1.807, 2.05) is 0 Å². The second-order valence-electron chi connectivity index (χ2n) is 2.78. The summed E-state index contributed by atoms with van der Waals surface area (Å²) < 4.78 is 0. The average Bonchev–Trinajstić information content (AvgIpc) is 1.85. The van der Waals surface area contributed by atoms with Crippen molar-refractivity contribution in [2.45, 2.75) is 20.3 Å². The molecule has 0 spiro atoms. The highest BCUT2D eigenvalue weighted by atomic mass is 14.6. The largest absolute Gasteiger partial charge is 0.402 e. The molecule has 0 unspecified atom stereocenters. The normalized spacial score (nSPS) is 37.5. The zero-order chi connectivity index (χ0) is 6.15. The molecule has 0 aliphatic heterocycles. The average molecular weight is 111 g/mol. The van der Waals surface area contributed by atoms with Crippen LogP contribution in [0.1, 0.15) is 20.3 Å². The number of allylic oxidation sites excluding steroid dienone is 2. The van der Waals surface area contributed by atoms with E-state index in [2.05, 4.69) is 19.9 Å². The predicted octanol–water partition coefficient (Wildman–Crippen LogP) is 1.50. The smallest absolute Gasteiger partial charge is 0.00716 e. The van der Waals surface area contributed by atoms with Gasteiger partial charge >= 0.3 is 0 Å². The molecule has 0 radical (unpaired) electrons. The molecule has 0 saturated carbocycles. The number of hydrogen-bond donors (Lipinski definition) is 1. The van der Waals surface area contributed by atoms with E-state index in [0.29, 0.717) is 11.8 Å². The van der Waals surface area contributed by atoms with Crippen LogP contribution in [0, 0.1) is 11.8 Å². The molecule has 2 N–H and O–H groups in total. The third kappa shape index (κ3) is 0.857. The van der Waals surface area contributed by atoms with Crippen molar-refractivity contribution >= 4 is 0 Å². The van der Waals surface area contributed by atoms with Gasteiger partial charge in [0, 0.05) is 5.70 Å². The minimum absolute atomic E-state index is 0.630. The molecule has 0 saturated heterocycles. The van der Waals surface area contributed by atoms with E-state index in [4.69, 9.17) is 5.73 Å². The minimum Gasteiger partial charge on any atom is -0.402 e. The molecule has 1 heteroatoms. The minimum atomic E-state index is 0.630. The van der Waals surface area contributed by atoms with Gasteiger partial charge in [-0.05, 0) is 18.3 Å². The van der Waals surface area contributed by atoms with Crippen molar-refractivity contribution < 1.29 is 0 Å². The second kappa shape index (κ2) is 1.81. The number of hydrogen-bond acceptors (Lipinski definition) is 1. The second-order valence-corrected chi connectivity index (χ2v) is 2.78. The fourth-order valence-electron chi connectivity index (χ4n) is 1.25. The third-order valence-electron chi connectivity index (χ3n) is 1.77. The van der Waals surface area contributed by atoms with Crippen molar-refractivity contribution in [3.63, 3.8) is 0 Å². The highest BCUT2D eigenvalue weighted by Gasteiger charge is 2.16. The van der Waals surface area contributed by atoms with Gasteiger partial charge < -0.3 is 5.73 Å². The fraction of sp³-hybridized carbons (Fsp3) is 0.714. The Labute approximate surface area is 50.6 Å². The first-order valence-corrected chi connectivity index (χ1v) is 3.17. The molecule has 1 rings (SSSR count). The zero-order valence-corrected chi connectivity index (χ0v) is 5.52. The van der Waals surface area contributed by atoms with Crippen LogP contribution in [0.5, 0.6) is 0 Å². The molecule has 46 valence electrons. The maximum Gasteiger partial charge on any atom is 0.00716 e. The summed E-state index contributed by atoms with van der Waals surface area (Å²) in [6, 6.07) is 0. The van der Waals surface area contributed by atoms with Gasteiger partial charge in [-0.3, -0.25) is 0 Å². The quantitative estimate of drug-likeness (QED) is 0.503. The molecule has 0 amide bonds. The molecule has 8 heavy (non-hydrogen) atoms. The summed E-state index contributed by atoms with van der Waals surface area (Å²) >= 11 is 0. The highest BCUT2D eigenvalue weighted by Crippen LogP contribution is 2.25. The van der Waals surface area contributed by atoms with Gasteiger partial charge in [0.25, 0.3) is 0 Å². The molecular formula is C7H13N. The Morgan fingerprint density at radius 2 is 2.25 bits per heavy atom. The molecular weight excluding hydrogens is 98.1 g/mol. The van der Waals surface area contributed by atoms with Gasteiger partial charge in [-0.15, -0.1) is 0 Å². The summed E-state index contributed by atoms with van der Waals surface area (Å²) in [6.45, 7) is 4.38. The van der Waals surface area contributed by atoms with E-state index in [1.165, 1.54) is 6.42 Å². The van der Waals surface area contributed by atoms with Crippen molar-refractivity contribution in [3.8, 4) is 0 Å². The van der Waals surface area contributed by atoms with Crippen LogP contribution < -0.4 is 5.73 Å². The van der Waals surface area contributed by atoms with Gasteiger partial charge in [-0.25, -0.2) is 0 Å². The molecule has 0 aromatic carbocycles. The van der Waals surface area contributed by atoms with Crippen LogP contribution >= 0.6 is 0 Å². The molecule has 0 bridgehead atoms. The van der Waals surface area contributed by atoms with Crippen molar-refractivity contribution in [2.24, 2.45) is 17.6 Å². The molecule has 0 heterocycles. The topological polar surface area (TPSA) is 26.0 Å². The first kappa shape index (κ1) is 5.67. The van der Waals surface area contributed by atoms with Crippen LogP contribution in [0.3, 0.4) is 0 Å². The van der Waals surface area contributed by atoms with Crippen LogP contribution in [0.25, 0.3) is 0 Å². The van der Waals surface area contributed by atoms with E-state index in [1.54, 1.807) is 0 Å². The van der Waals surface area contributed by atoms with Crippen molar-refractivity contribution in [1.82, 2.24) is 0 Å². The fourth-order valence-corrected chi connectivity index (χ4v) is 1.25. The first-order chi connectivity index (χ1) is 3.70. The van der Waals surface area contributed by atoms with E-state index in [-0.39, 0.29) is 0 Å². The van der Waals surface area contributed by atoms with Gasteiger partial charge in [-0.1, -0.05) is 19.9 Å². The SMILES string of the molecule is C[C@H]1C=C(N)[C@@H](C)C1. The maximum absolute atomic E-state index is 5.63. The van der Waals surface area contributed by atoms with E-state index in [0.717, 1.165) is 5.70 Å². The zero-order valence-electron chi connectivity index (χ0n) is 5.52. The van der Waals surface area contributed by atoms with Gasteiger partial charge in [0.2, 0.25) is 0 Å². The Balaban J connectivity index is 2.59. The number of rotatable bonds is 0. The van der Waals surface area contributed by atoms with Crippen LogP contribution in [0.4, 0.5) is 0 Å². The number of nitrogens with two attached hydrogens (primary N) is 1. The van der Waals surface area contributed by atoms with Gasteiger partial charge in [-0.2, -0.15) is 0 Å². The Bertz CT molecular complexity index is 116. The summed E-state index contributed by atoms with van der Waals surface area (Å²) in [6.07, 6.45) is 3.40. The lowest BCUT2D eigenvalue weighted by atomic mass is 10.1. The lowest BCUT2D eigenvalue weighted by molar-refractivity contribution is 0.574. The summed E-state index contributed by atoms with van der Waals surface area (Å²) in [5.41, 5.74) is 6.71. The Kier molecular flexibility index (Phi) is 1.28. The molecule has 1 aliphatic rings. The summed E-state index contributed by atoms with van der Waals surface area (Å²) in [5, 5.41) is 0. The van der Waals surface area contributed by atoms with Crippen molar-refractivity contribution in [2.75, 3.05) is 0 Å². The van der Waals surface area contributed by atoms with E-state index in [9.17, 15) is 0 Å². The third-order valence-corrected chi connectivity index (χ3v) is 1.77. The summed E-state index contributed by atoms with van der Waals surface area (Å²) in [4.78, 5) is 0. The molecule has 1 nitrogen and oxygen atoms in total. The molecule has 0 aromatic heterocycles. The van der Waals surface area contributed by atoms with Crippen LogP contribution in [-0.2, 0) is 0 Å². The predicted molar refractivity (Wildman–Crippen MR) is 35.2 cm³/mol. The summed E-state index contributed by atoms with van der Waals surface area (Å²) in [5.74, 6) is 1.34. The highest BCUT2D eigenvalue weighted by molar-refractivity contribution is 5.09. The van der Waals surface area contributed by atoms with Crippen LogP contribution in [0.15, 0.2) is 11.8 Å². The van der Waals surface area contributed by atoms with Gasteiger partial charge in [0.1, 0.15) is 0 Å². The molecule has 1 aliphatic carbocycles. The monoisotopic (exact) mass is 111 g/mol. The van der Waals surface area contributed by atoms with Crippen LogP contribution in [-0.4, -0.2) is 0 Å². The van der Waals surface area contributed by atoms with Gasteiger partial charge in [0.15, 0.2) is 0 Å². The summed E-state index contributed by atoms with van der Waals surface area (Å²) in [7, 11) is 0. The Morgan fingerprint density at radius 3 is 2.38 bits per heavy atom.